The van der Waals surface area contributed by atoms with Crippen LogP contribution in [0.2, 0.25) is 5.02 Å². The molecule has 4 aromatic rings. The maximum atomic E-state index is 13.7. The van der Waals surface area contributed by atoms with Crippen LogP contribution in [0.15, 0.2) is 55.0 Å². The molecule has 5 rings (SSSR count). The summed E-state index contributed by atoms with van der Waals surface area (Å²) in [5, 5.41) is 6.97. The van der Waals surface area contributed by atoms with E-state index in [0.717, 1.165) is 0 Å². The SMILES string of the molecule is COC[C@]1(C)Nc2c(cnc3c2c(C(=O)c2ccc(Oc4ccccn4)cc2Cl)cn3C)NC1=O. The van der Waals surface area contributed by atoms with Gasteiger partial charge in [0, 0.05) is 44.2 Å². The molecule has 0 fully saturated rings. The number of hydrogen-bond acceptors (Lipinski definition) is 7. The highest BCUT2D eigenvalue weighted by atomic mass is 35.5. The molecule has 4 heterocycles. The van der Waals surface area contributed by atoms with Gasteiger partial charge in [0.05, 0.1) is 40.2 Å². The van der Waals surface area contributed by atoms with E-state index in [0.29, 0.717) is 45.2 Å². The molecule has 0 saturated carbocycles. The van der Waals surface area contributed by atoms with E-state index in [-0.39, 0.29) is 23.3 Å². The zero-order valence-corrected chi connectivity index (χ0v) is 20.0. The van der Waals surface area contributed by atoms with Gasteiger partial charge in [-0.2, -0.15) is 0 Å². The summed E-state index contributed by atoms with van der Waals surface area (Å²) in [6.45, 7) is 1.88. The molecule has 178 valence electrons. The predicted molar refractivity (Wildman–Crippen MR) is 132 cm³/mol. The fourth-order valence-corrected chi connectivity index (χ4v) is 4.40. The summed E-state index contributed by atoms with van der Waals surface area (Å²) in [6.07, 6.45) is 4.90. The second-order valence-electron chi connectivity index (χ2n) is 8.48. The highest BCUT2D eigenvalue weighted by Crippen LogP contribution is 2.40. The molecule has 1 aliphatic heterocycles. The molecule has 1 aliphatic rings. The standard InChI is InChI=1S/C25H22ClN5O4/c1-25(13-34-3)24(33)29-18-11-28-23-20(21(18)30-25)16(12-31(23)2)22(32)15-8-7-14(10-17(15)26)35-19-6-4-5-9-27-19/h4-12,30H,13H2,1-3H3,(H,29,33)/t25-/m0/s1. The zero-order valence-electron chi connectivity index (χ0n) is 19.3. The molecule has 0 spiro atoms. The van der Waals surface area contributed by atoms with Gasteiger partial charge < -0.3 is 24.7 Å². The number of aryl methyl sites for hydroxylation is 1. The number of pyridine rings is 2. The third-order valence-electron chi connectivity index (χ3n) is 5.86. The minimum absolute atomic E-state index is 0.141. The Morgan fingerprint density at radius 1 is 1.20 bits per heavy atom. The van der Waals surface area contributed by atoms with Crippen LogP contribution in [0.25, 0.3) is 11.0 Å². The maximum Gasteiger partial charge on any atom is 0.252 e. The van der Waals surface area contributed by atoms with E-state index in [4.69, 9.17) is 21.1 Å². The monoisotopic (exact) mass is 491 g/mol. The van der Waals surface area contributed by atoms with Crippen molar-refractivity contribution >= 4 is 45.7 Å². The van der Waals surface area contributed by atoms with Crippen LogP contribution in [-0.4, -0.2) is 45.5 Å². The van der Waals surface area contributed by atoms with E-state index in [1.165, 1.54) is 7.11 Å². The molecular formula is C25H22ClN5O4. The number of rotatable bonds is 6. The van der Waals surface area contributed by atoms with E-state index in [1.54, 1.807) is 67.5 Å². The Labute approximate surface area is 206 Å². The number of aromatic nitrogens is 3. The van der Waals surface area contributed by atoms with Crippen LogP contribution in [0, 0.1) is 0 Å². The lowest BCUT2D eigenvalue weighted by molar-refractivity contribution is -0.121. The van der Waals surface area contributed by atoms with Crippen molar-refractivity contribution < 1.29 is 19.1 Å². The lowest BCUT2D eigenvalue weighted by Crippen LogP contribution is -2.53. The van der Waals surface area contributed by atoms with Crippen molar-refractivity contribution in [3.63, 3.8) is 0 Å². The van der Waals surface area contributed by atoms with Crippen molar-refractivity contribution in [2.75, 3.05) is 24.4 Å². The van der Waals surface area contributed by atoms with E-state index in [9.17, 15) is 9.59 Å². The Kier molecular flexibility index (Phi) is 5.66. The van der Waals surface area contributed by atoms with E-state index in [2.05, 4.69) is 20.6 Å². The summed E-state index contributed by atoms with van der Waals surface area (Å²) in [7, 11) is 3.33. The third-order valence-corrected chi connectivity index (χ3v) is 6.17. The Morgan fingerprint density at radius 2 is 2.03 bits per heavy atom. The van der Waals surface area contributed by atoms with Crippen molar-refractivity contribution in [2.24, 2.45) is 7.05 Å². The first-order valence-electron chi connectivity index (χ1n) is 10.8. The molecule has 10 heteroatoms. The Balaban J connectivity index is 1.56. The van der Waals surface area contributed by atoms with Crippen molar-refractivity contribution in [3.8, 4) is 11.6 Å². The smallest absolute Gasteiger partial charge is 0.252 e. The first-order chi connectivity index (χ1) is 16.8. The number of hydrogen-bond donors (Lipinski definition) is 2. The lowest BCUT2D eigenvalue weighted by Gasteiger charge is -2.35. The van der Waals surface area contributed by atoms with Crippen molar-refractivity contribution in [1.29, 1.82) is 0 Å². The number of ether oxygens (including phenoxy) is 2. The van der Waals surface area contributed by atoms with Gasteiger partial charge in [-0.3, -0.25) is 9.59 Å². The molecule has 0 unspecified atom stereocenters. The normalized spacial score (nSPS) is 17.0. The average molecular weight is 492 g/mol. The van der Waals surface area contributed by atoms with Gasteiger partial charge in [0.25, 0.3) is 5.91 Å². The van der Waals surface area contributed by atoms with Gasteiger partial charge in [-0.1, -0.05) is 17.7 Å². The zero-order chi connectivity index (χ0) is 24.7. The Morgan fingerprint density at radius 3 is 2.74 bits per heavy atom. The van der Waals surface area contributed by atoms with Crippen LogP contribution in [0.3, 0.4) is 0 Å². The number of carbonyl (C=O) groups is 2. The Hall–Kier alpha value is -3.95. The molecule has 3 aromatic heterocycles. The maximum absolute atomic E-state index is 13.7. The fraction of sp³-hybridized carbons (Fsp3) is 0.200. The number of methoxy groups -OCH3 is 1. The topological polar surface area (TPSA) is 107 Å². The molecule has 35 heavy (non-hydrogen) atoms. The molecule has 2 N–H and O–H groups in total. The minimum atomic E-state index is -1.02. The van der Waals surface area contributed by atoms with Gasteiger partial charge in [-0.05, 0) is 25.1 Å². The molecular weight excluding hydrogens is 470 g/mol. The van der Waals surface area contributed by atoms with Crippen LogP contribution in [-0.2, 0) is 16.6 Å². The van der Waals surface area contributed by atoms with Crippen LogP contribution in [0.1, 0.15) is 22.8 Å². The quantitative estimate of drug-likeness (QED) is 0.384. The minimum Gasteiger partial charge on any atom is -0.439 e. The Bertz CT molecular complexity index is 1470. The molecule has 1 atom stereocenters. The number of fused-ring (bicyclic) bond motifs is 3. The average Bonchev–Trinajstić information content (AvgIpc) is 3.17. The molecule has 1 aromatic carbocycles. The van der Waals surface area contributed by atoms with Gasteiger partial charge in [0.15, 0.2) is 5.78 Å². The number of nitrogens with zero attached hydrogens (tertiary/aromatic N) is 3. The lowest BCUT2D eigenvalue weighted by atomic mass is 9.96. The summed E-state index contributed by atoms with van der Waals surface area (Å²) in [6, 6.07) is 10.2. The molecule has 0 saturated heterocycles. The van der Waals surface area contributed by atoms with E-state index < -0.39 is 5.54 Å². The summed E-state index contributed by atoms with van der Waals surface area (Å²) >= 11 is 6.51. The van der Waals surface area contributed by atoms with Gasteiger partial charge in [-0.25, -0.2) is 9.97 Å². The van der Waals surface area contributed by atoms with Crippen LogP contribution >= 0.6 is 11.6 Å². The van der Waals surface area contributed by atoms with E-state index in [1.807, 2.05) is 6.07 Å². The first-order valence-corrected chi connectivity index (χ1v) is 11.2. The highest BCUT2D eigenvalue weighted by Gasteiger charge is 2.39. The summed E-state index contributed by atoms with van der Waals surface area (Å²) < 4.78 is 12.7. The number of anilines is 2. The number of halogens is 1. The number of ketones is 1. The van der Waals surface area contributed by atoms with Crippen LogP contribution < -0.4 is 15.4 Å². The molecule has 9 nitrogen and oxygen atoms in total. The summed E-state index contributed by atoms with van der Waals surface area (Å²) in [5.41, 5.74) is 1.36. The van der Waals surface area contributed by atoms with Crippen LogP contribution in [0.5, 0.6) is 11.6 Å². The molecule has 1 amide bonds. The predicted octanol–water partition coefficient (Wildman–Crippen LogP) is 4.41. The van der Waals surface area contributed by atoms with Crippen molar-refractivity contribution in [2.45, 2.75) is 12.5 Å². The number of nitrogens with one attached hydrogen (secondary N) is 2. The van der Waals surface area contributed by atoms with Gasteiger partial charge in [0.1, 0.15) is 16.9 Å². The van der Waals surface area contributed by atoms with Gasteiger partial charge in [-0.15, -0.1) is 0 Å². The first kappa shape index (κ1) is 22.8. The summed E-state index contributed by atoms with van der Waals surface area (Å²) in [5.74, 6) is 0.347. The van der Waals surface area contributed by atoms with E-state index >= 15 is 0 Å². The molecule has 0 aliphatic carbocycles. The second kappa shape index (κ2) is 8.68. The van der Waals surface area contributed by atoms with Gasteiger partial charge >= 0.3 is 0 Å². The van der Waals surface area contributed by atoms with Gasteiger partial charge in [0.2, 0.25) is 5.88 Å². The largest absolute Gasteiger partial charge is 0.439 e. The summed E-state index contributed by atoms with van der Waals surface area (Å²) in [4.78, 5) is 34.9. The third kappa shape index (κ3) is 3.98. The van der Waals surface area contributed by atoms with Crippen molar-refractivity contribution in [3.05, 3.63) is 71.1 Å². The second-order valence-corrected chi connectivity index (χ2v) is 8.89. The van der Waals surface area contributed by atoms with Crippen LogP contribution in [0.4, 0.5) is 11.4 Å². The molecule has 0 bridgehead atoms. The number of carbonyl (C=O) groups excluding carboxylic acids is 2. The molecule has 0 radical (unpaired) electrons. The number of benzene rings is 1. The highest BCUT2D eigenvalue weighted by molar-refractivity contribution is 6.36. The fourth-order valence-electron chi connectivity index (χ4n) is 4.14. The number of amides is 1. The van der Waals surface area contributed by atoms with Crippen molar-refractivity contribution in [1.82, 2.24) is 14.5 Å².